The summed E-state index contributed by atoms with van der Waals surface area (Å²) in [5.74, 6) is 0. The first-order valence-corrected chi connectivity index (χ1v) is 8.18. The number of aryl methyl sites for hydroxylation is 1. The molecular formula is C18H29NO. The first-order valence-electron chi connectivity index (χ1n) is 8.18. The molecule has 2 nitrogen and oxygen atoms in total. The molecule has 2 N–H and O–H groups in total. The van der Waals surface area contributed by atoms with Crippen molar-refractivity contribution in [2.24, 2.45) is 0 Å². The van der Waals surface area contributed by atoms with Gasteiger partial charge in [0, 0.05) is 12.6 Å². The maximum absolute atomic E-state index is 10.6. The van der Waals surface area contributed by atoms with Crippen molar-refractivity contribution in [1.82, 2.24) is 5.32 Å². The van der Waals surface area contributed by atoms with Crippen molar-refractivity contribution in [2.45, 2.75) is 69.9 Å². The molecule has 0 bridgehead atoms. The molecule has 0 heterocycles. The molecule has 20 heavy (non-hydrogen) atoms. The van der Waals surface area contributed by atoms with Gasteiger partial charge in [-0.05, 0) is 38.2 Å². The van der Waals surface area contributed by atoms with Crippen molar-refractivity contribution in [2.75, 3.05) is 6.54 Å². The topological polar surface area (TPSA) is 32.3 Å². The van der Waals surface area contributed by atoms with Crippen molar-refractivity contribution in [3.63, 3.8) is 0 Å². The summed E-state index contributed by atoms with van der Waals surface area (Å²) in [5, 5.41) is 14.2. The van der Waals surface area contributed by atoms with E-state index in [0.29, 0.717) is 6.04 Å². The Labute approximate surface area is 123 Å². The highest BCUT2D eigenvalue weighted by molar-refractivity contribution is 5.14. The van der Waals surface area contributed by atoms with Crippen LogP contribution in [0.15, 0.2) is 30.3 Å². The van der Waals surface area contributed by atoms with Crippen molar-refractivity contribution in [1.29, 1.82) is 0 Å². The van der Waals surface area contributed by atoms with Gasteiger partial charge in [-0.15, -0.1) is 0 Å². The molecule has 1 atom stereocenters. The van der Waals surface area contributed by atoms with E-state index in [1.54, 1.807) is 0 Å². The summed E-state index contributed by atoms with van der Waals surface area (Å²) in [5.41, 5.74) is 0.937. The van der Waals surface area contributed by atoms with Crippen LogP contribution in [0, 0.1) is 0 Å². The summed E-state index contributed by atoms with van der Waals surface area (Å²) in [6, 6.07) is 11.1. The molecule has 1 aromatic rings. The van der Waals surface area contributed by atoms with E-state index in [0.717, 1.165) is 32.2 Å². The summed E-state index contributed by atoms with van der Waals surface area (Å²) >= 11 is 0. The number of hydrogen-bond donors (Lipinski definition) is 2. The van der Waals surface area contributed by atoms with Crippen LogP contribution in [0.5, 0.6) is 0 Å². The number of hydrogen-bond acceptors (Lipinski definition) is 2. The molecule has 1 aromatic carbocycles. The maximum atomic E-state index is 10.6. The summed E-state index contributed by atoms with van der Waals surface area (Å²) in [7, 11) is 0. The molecule has 1 aliphatic carbocycles. The molecule has 2 rings (SSSR count). The largest absolute Gasteiger partial charge is 0.389 e. The number of aliphatic hydroxyl groups is 1. The van der Waals surface area contributed by atoms with E-state index in [1.165, 1.54) is 31.2 Å². The van der Waals surface area contributed by atoms with Crippen molar-refractivity contribution < 1.29 is 5.11 Å². The molecular weight excluding hydrogens is 246 g/mol. The maximum Gasteiger partial charge on any atom is 0.0771 e. The lowest BCUT2D eigenvalue weighted by molar-refractivity contribution is 0.0230. The van der Waals surface area contributed by atoms with Gasteiger partial charge in [-0.25, -0.2) is 0 Å². The summed E-state index contributed by atoms with van der Waals surface area (Å²) in [4.78, 5) is 0. The third kappa shape index (κ3) is 5.26. The molecule has 0 aliphatic heterocycles. The highest BCUT2D eigenvalue weighted by Crippen LogP contribution is 2.26. The van der Waals surface area contributed by atoms with Crippen LogP contribution >= 0.6 is 0 Å². The third-order valence-electron chi connectivity index (χ3n) is 4.52. The van der Waals surface area contributed by atoms with Crippen LogP contribution in [0.4, 0.5) is 0 Å². The molecule has 0 spiro atoms. The van der Waals surface area contributed by atoms with Gasteiger partial charge in [0.1, 0.15) is 0 Å². The highest BCUT2D eigenvalue weighted by Gasteiger charge is 2.27. The minimum Gasteiger partial charge on any atom is -0.389 e. The SMILES string of the molecule is CC(CCc1ccccc1)NCC1(O)CCCCCC1. The quantitative estimate of drug-likeness (QED) is 0.776. The molecule has 0 amide bonds. The predicted molar refractivity (Wildman–Crippen MR) is 84.9 cm³/mol. The summed E-state index contributed by atoms with van der Waals surface area (Å²) < 4.78 is 0. The van der Waals surface area contributed by atoms with Gasteiger partial charge >= 0.3 is 0 Å². The lowest BCUT2D eigenvalue weighted by atomic mass is 9.94. The van der Waals surface area contributed by atoms with Gasteiger partial charge in [-0.3, -0.25) is 0 Å². The normalized spacial score (nSPS) is 20.3. The molecule has 0 aromatic heterocycles. The van der Waals surface area contributed by atoms with E-state index in [-0.39, 0.29) is 0 Å². The van der Waals surface area contributed by atoms with Crippen LogP contribution in [0.1, 0.15) is 57.4 Å². The third-order valence-corrected chi connectivity index (χ3v) is 4.52. The van der Waals surface area contributed by atoms with Gasteiger partial charge in [0.2, 0.25) is 0 Å². The van der Waals surface area contributed by atoms with Gasteiger partial charge in [0.15, 0.2) is 0 Å². The van der Waals surface area contributed by atoms with Gasteiger partial charge in [-0.1, -0.05) is 56.0 Å². The van der Waals surface area contributed by atoms with Gasteiger partial charge in [0.05, 0.1) is 5.60 Å². The number of benzene rings is 1. The molecule has 1 aliphatic rings. The molecule has 2 heteroatoms. The van der Waals surface area contributed by atoms with Crippen molar-refractivity contribution in [3.8, 4) is 0 Å². The molecule has 1 unspecified atom stereocenters. The minimum absolute atomic E-state index is 0.461. The second kappa shape index (κ2) is 7.80. The van der Waals surface area contributed by atoms with Gasteiger partial charge in [-0.2, -0.15) is 0 Å². The van der Waals surface area contributed by atoms with Crippen LogP contribution in [0.25, 0.3) is 0 Å². The smallest absolute Gasteiger partial charge is 0.0771 e. The second-order valence-electron chi connectivity index (χ2n) is 6.44. The van der Waals surface area contributed by atoms with Crippen LogP contribution in [0.3, 0.4) is 0 Å². The molecule has 112 valence electrons. The van der Waals surface area contributed by atoms with E-state index >= 15 is 0 Å². The monoisotopic (exact) mass is 275 g/mol. The summed E-state index contributed by atoms with van der Waals surface area (Å²) in [6.07, 6.45) is 9.08. The molecule has 1 fully saturated rings. The fourth-order valence-corrected chi connectivity index (χ4v) is 3.06. The zero-order valence-electron chi connectivity index (χ0n) is 12.8. The Morgan fingerprint density at radius 2 is 1.75 bits per heavy atom. The van der Waals surface area contributed by atoms with E-state index < -0.39 is 5.60 Å². The highest BCUT2D eigenvalue weighted by atomic mass is 16.3. The molecule has 1 saturated carbocycles. The van der Waals surface area contributed by atoms with Gasteiger partial charge < -0.3 is 10.4 Å². The zero-order chi connectivity index (χ0) is 14.3. The van der Waals surface area contributed by atoms with Gasteiger partial charge in [0.25, 0.3) is 0 Å². The Balaban J connectivity index is 1.70. The zero-order valence-corrected chi connectivity index (χ0v) is 12.8. The van der Waals surface area contributed by atoms with E-state index in [1.807, 2.05) is 0 Å². The van der Waals surface area contributed by atoms with E-state index in [2.05, 4.69) is 42.6 Å². The minimum atomic E-state index is -0.461. The van der Waals surface area contributed by atoms with E-state index in [9.17, 15) is 5.11 Å². The lowest BCUT2D eigenvalue weighted by Crippen LogP contribution is -2.43. The lowest BCUT2D eigenvalue weighted by Gasteiger charge is -2.29. The molecule has 0 radical (unpaired) electrons. The number of rotatable bonds is 6. The molecule has 0 saturated heterocycles. The first-order chi connectivity index (χ1) is 9.68. The van der Waals surface area contributed by atoms with Crippen LogP contribution in [-0.4, -0.2) is 23.3 Å². The second-order valence-corrected chi connectivity index (χ2v) is 6.44. The standard InChI is InChI=1S/C18H29NO/c1-16(11-12-17-9-5-4-6-10-17)19-15-18(20)13-7-2-3-8-14-18/h4-6,9-10,16,19-20H,2-3,7-8,11-15H2,1H3. The van der Waals surface area contributed by atoms with Crippen molar-refractivity contribution in [3.05, 3.63) is 35.9 Å². The average molecular weight is 275 g/mol. The first kappa shape index (κ1) is 15.5. The number of nitrogens with one attached hydrogen (secondary N) is 1. The Hall–Kier alpha value is -0.860. The Kier molecular flexibility index (Phi) is 6.06. The van der Waals surface area contributed by atoms with Crippen molar-refractivity contribution >= 4 is 0 Å². The average Bonchev–Trinajstić information content (AvgIpc) is 2.69. The Bertz CT molecular complexity index is 368. The van der Waals surface area contributed by atoms with Crippen LogP contribution in [0.2, 0.25) is 0 Å². The fraction of sp³-hybridized carbons (Fsp3) is 0.667. The summed E-state index contributed by atoms with van der Waals surface area (Å²) in [6.45, 7) is 2.98. The van der Waals surface area contributed by atoms with Crippen LogP contribution < -0.4 is 5.32 Å². The Morgan fingerprint density at radius 1 is 1.10 bits per heavy atom. The van der Waals surface area contributed by atoms with Crippen LogP contribution in [-0.2, 0) is 6.42 Å². The fourth-order valence-electron chi connectivity index (χ4n) is 3.06. The Morgan fingerprint density at radius 3 is 2.40 bits per heavy atom. The predicted octanol–water partition coefficient (Wildman–Crippen LogP) is 3.68. The van der Waals surface area contributed by atoms with E-state index in [4.69, 9.17) is 0 Å².